The van der Waals surface area contributed by atoms with E-state index in [-0.39, 0.29) is 0 Å². The molecule has 22 heteroatoms. The first-order valence-electron chi connectivity index (χ1n) is 14.7. The summed E-state index contributed by atoms with van der Waals surface area (Å²) in [6, 6.07) is 6.45. The Morgan fingerprint density at radius 3 is 1.31 bits per heavy atom. The van der Waals surface area contributed by atoms with E-state index >= 15 is 0 Å². The molecule has 0 saturated heterocycles. The lowest BCUT2D eigenvalue weighted by molar-refractivity contribution is 0.342. The van der Waals surface area contributed by atoms with Crippen LogP contribution in [0.2, 0.25) is 0 Å². The third-order valence-electron chi connectivity index (χ3n) is 9.27. The van der Waals surface area contributed by atoms with Gasteiger partial charge in [0.15, 0.2) is 0 Å². The first-order chi connectivity index (χ1) is 16.9. The quantitative estimate of drug-likeness (QED) is 0.247. The van der Waals surface area contributed by atoms with E-state index in [9.17, 15) is 0 Å². The summed E-state index contributed by atoms with van der Waals surface area (Å²) in [7, 11) is 23.7. The molecule has 36 heavy (non-hydrogen) atoms. The molecule has 2 aliphatic heterocycles. The minimum atomic E-state index is 0.605. The summed E-state index contributed by atoms with van der Waals surface area (Å²) in [4.78, 5) is 0. The average Bonchev–Trinajstić information content (AvgIpc) is 3.73. The van der Waals surface area contributed by atoms with Crippen LogP contribution in [0.1, 0.15) is 12.5 Å². The first-order valence-corrected chi connectivity index (χ1v) is 14.7. The number of hydrogen-bond donors (Lipinski definition) is 0. The van der Waals surface area contributed by atoms with Crippen LogP contribution >= 0.6 is 0 Å². The van der Waals surface area contributed by atoms with Crippen LogP contribution in [0.5, 0.6) is 11.5 Å². The first kappa shape index (κ1) is 30.1. The summed E-state index contributed by atoms with van der Waals surface area (Å²) in [5, 5.41) is 0. The van der Waals surface area contributed by atoms with Crippen molar-refractivity contribution < 1.29 is 9.47 Å². The molecule has 2 heterocycles. The average molecular weight is 451 g/mol. The lowest BCUT2D eigenvalue weighted by Gasteiger charge is -2.24. The van der Waals surface area contributed by atoms with Crippen molar-refractivity contribution in [3.8, 4) is 11.5 Å². The van der Waals surface area contributed by atoms with Crippen molar-refractivity contribution in [3.05, 3.63) is 46.7 Å². The van der Waals surface area contributed by atoms with E-state index in [0.717, 1.165) is 17.9 Å². The summed E-state index contributed by atoms with van der Waals surface area (Å²) >= 11 is 0. The monoisotopic (exact) mass is 454 g/mol. The SMILES string of the molecule is BB(B)B(B)B(B(B)B)B1C=C1COc1cc(CC)cc(OCC2=CB2B(B(B)B)B(B)B(B)B)c1. The minimum absolute atomic E-state index is 0.605. The zero-order valence-electron chi connectivity index (χ0n) is 25.1. The van der Waals surface area contributed by atoms with Crippen molar-refractivity contribution >= 4 is 142 Å². The highest BCUT2D eigenvalue weighted by atomic mass is 16.5. The Bertz CT molecular complexity index is 882. The molecule has 3 rings (SSSR count). The van der Waals surface area contributed by atoms with Crippen molar-refractivity contribution in [1.29, 1.82) is 0 Å². The number of rotatable bonds is 15. The zero-order chi connectivity index (χ0) is 26.7. The fourth-order valence-corrected chi connectivity index (χ4v) is 6.29. The maximum absolute atomic E-state index is 6.32. The van der Waals surface area contributed by atoms with Gasteiger partial charge in [-0.2, -0.15) is 0 Å². The normalized spacial score (nSPS) is 13.1. The van der Waals surface area contributed by atoms with Crippen LogP contribution < -0.4 is 9.47 Å². The molecule has 2 aliphatic rings. The van der Waals surface area contributed by atoms with E-state index in [1.54, 1.807) is 0 Å². The molecule has 0 N–H and O–H groups in total. The molecule has 2 nitrogen and oxygen atoms in total. The van der Waals surface area contributed by atoms with Gasteiger partial charge in [-0.15, -0.1) is 12.0 Å². The summed E-state index contributed by atoms with van der Waals surface area (Å²) in [5.74, 6) is 6.74. The van der Waals surface area contributed by atoms with Gasteiger partial charge in [0.05, 0.1) is 77.4 Å². The van der Waals surface area contributed by atoms with Gasteiger partial charge in [-0.25, -0.2) is 0 Å². The van der Waals surface area contributed by atoms with Crippen LogP contribution in [0.3, 0.4) is 0 Å². The fraction of sp³-hybridized carbons (Fsp3) is 0.286. The predicted octanol–water partition coefficient (Wildman–Crippen LogP) is -10.1. The molecule has 0 spiro atoms. The van der Waals surface area contributed by atoms with Gasteiger partial charge >= 0.3 is 0 Å². The van der Waals surface area contributed by atoms with Gasteiger partial charge < -0.3 is 9.47 Å². The van der Waals surface area contributed by atoms with Crippen LogP contribution in [0.4, 0.5) is 0 Å². The summed E-state index contributed by atoms with van der Waals surface area (Å²) in [6.45, 7) is 4.80. The minimum Gasteiger partial charge on any atom is -0.490 e. The van der Waals surface area contributed by atoms with Gasteiger partial charge in [0.25, 0.3) is 0 Å². The van der Waals surface area contributed by atoms with E-state index in [1.165, 1.54) is 16.5 Å². The van der Waals surface area contributed by atoms with Crippen molar-refractivity contribution in [1.82, 2.24) is 0 Å². The molecule has 162 valence electrons. The largest absolute Gasteiger partial charge is 0.490 e. The Kier molecular flexibility index (Phi) is 11.0. The molecular formula is C14H34B20O2. The molecule has 1 aromatic carbocycles. The molecule has 0 bridgehead atoms. The second-order valence-corrected chi connectivity index (χ2v) is 13.1. The van der Waals surface area contributed by atoms with Crippen LogP contribution in [-0.4, -0.2) is 155 Å². The van der Waals surface area contributed by atoms with Crippen LogP contribution in [0.25, 0.3) is 0 Å². The van der Waals surface area contributed by atoms with E-state index in [4.69, 9.17) is 9.47 Å². The number of hydrogen-bond acceptors (Lipinski definition) is 2. The second-order valence-electron chi connectivity index (χ2n) is 13.1. The van der Waals surface area contributed by atoms with Gasteiger partial charge in [0.2, 0.25) is 0 Å². The maximum Gasteiger partial charge on any atom is 0.148 e. The Balaban J connectivity index is 1.56. The molecular weight excluding hydrogens is 416 g/mol. The Hall–Kier alpha value is -0.401. The molecule has 0 unspecified atom stereocenters. The van der Waals surface area contributed by atoms with Crippen LogP contribution in [0, 0.1) is 0 Å². The third kappa shape index (κ3) is 7.81. The number of ether oxygens (including phenoxy) is 2. The van der Waals surface area contributed by atoms with Crippen LogP contribution in [-0.2, 0) is 6.42 Å². The Labute approximate surface area is 235 Å². The molecule has 0 saturated carbocycles. The van der Waals surface area contributed by atoms with Crippen molar-refractivity contribution in [3.63, 3.8) is 0 Å². The van der Waals surface area contributed by atoms with Gasteiger partial charge in [-0.1, -0.05) is 17.9 Å². The van der Waals surface area contributed by atoms with E-state index in [2.05, 4.69) is 114 Å². The lowest BCUT2D eigenvalue weighted by atomic mass is 8.57. The summed E-state index contributed by atoms with van der Waals surface area (Å²) in [6.07, 6.45) is 6.60. The fourth-order valence-electron chi connectivity index (χ4n) is 6.29. The van der Waals surface area contributed by atoms with Crippen molar-refractivity contribution in [2.24, 2.45) is 0 Å². The highest BCUT2D eigenvalue weighted by Crippen LogP contribution is 2.29. The second kappa shape index (κ2) is 13.1. The van der Waals surface area contributed by atoms with Gasteiger partial charge in [0.1, 0.15) is 37.9 Å². The maximum atomic E-state index is 6.32. The molecule has 0 atom stereocenters. The molecule has 0 aliphatic carbocycles. The highest BCUT2D eigenvalue weighted by Gasteiger charge is 2.45. The summed E-state index contributed by atoms with van der Waals surface area (Å²) < 4.78 is 12.6. The van der Waals surface area contributed by atoms with Gasteiger partial charge in [0, 0.05) is 57.1 Å². The van der Waals surface area contributed by atoms with Crippen LogP contribution in [0.15, 0.2) is 41.1 Å². The van der Waals surface area contributed by atoms with E-state index in [0.29, 0.717) is 77.5 Å². The van der Waals surface area contributed by atoms with E-state index < -0.39 is 0 Å². The highest BCUT2D eigenvalue weighted by molar-refractivity contribution is 8.02. The molecule has 0 radical (unpaired) electrons. The number of benzene rings is 1. The predicted molar refractivity (Wildman–Crippen MR) is 206 cm³/mol. The zero-order valence-corrected chi connectivity index (χ0v) is 25.1. The molecule has 0 aromatic heterocycles. The smallest absolute Gasteiger partial charge is 0.148 e. The number of aryl methyl sites for hydroxylation is 1. The third-order valence-corrected chi connectivity index (χ3v) is 9.27. The Morgan fingerprint density at radius 2 is 1.00 bits per heavy atom. The topological polar surface area (TPSA) is 18.5 Å². The Morgan fingerprint density at radius 1 is 0.611 bits per heavy atom. The van der Waals surface area contributed by atoms with E-state index in [1.807, 2.05) is 0 Å². The van der Waals surface area contributed by atoms with Crippen molar-refractivity contribution in [2.75, 3.05) is 13.2 Å². The molecule has 0 fully saturated rings. The molecule has 1 aromatic rings. The standard InChI is InChI=1S/C14H34B20O2/c1-2-10-3-13(35-8-11-6-25(11)33(29(19)20)31(23)27(15)16)5-14(4-10)36-9-12-7-26(12)34(30(21)22)32(24)28(17)18/h3-7H,2,8-9,15-24H2,1H3. The van der Waals surface area contributed by atoms with Gasteiger partial charge in [-0.3, -0.25) is 0 Å². The van der Waals surface area contributed by atoms with Gasteiger partial charge in [-0.05, 0) is 24.1 Å². The summed E-state index contributed by atoms with van der Waals surface area (Å²) in [5.41, 5.74) is 4.21. The van der Waals surface area contributed by atoms with Crippen molar-refractivity contribution in [2.45, 2.75) is 13.3 Å². The lowest BCUT2D eigenvalue weighted by Crippen LogP contribution is -2.64. The molecule has 0 amide bonds.